The molecule has 0 aliphatic carbocycles. The van der Waals surface area contributed by atoms with E-state index in [2.05, 4.69) is 21.2 Å². The number of furan rings is 1. The molecule has 3 amide bonds. The third kappa shape index (κ3) is 2.61. The van der Waals surface area contributed by atoms with Crippen molar-refractivity contribution in [3.8, 4) is 5.75 Å². The zero-order valence-electron chi connectivity index (χ0n) is 12.6. The van der Waals surface area contributed by atoms with Crippen LogP contribution in [0, 0.1) is 0 Å². The van der Waals surface area contributed by atoms with Gasteiger partial charge < -0.3 is 14.5 Å². The van der Waals surface area contributed by atoms with Gasteiger partial charge in [0.25, 0.3) is 5.91 Å². The van der Waals surface area contributed by atoms with Crippen LogP contribution in [0.3, 0.4) is 0 Å². The second-order valence-electron chi connectivity index (χ2n) is 5.39. The standard InChI is InChI=1S/C16H15BrN2O4/c1-16(13-4-3-7-23-13)14(20)19(15(21)18-16)9-10-5-6-12(22-2)11(17)8-10/h3-8H,9H2,1-2H3,(H,18,21). The molecule has 1 aromatic carbocycles. The van der Waals surface area contributed by atoms with Crippen molar-refractivity contribution in [2.75, 3.05) is 7.11 Å². The number of urea groups is 1. The molecule has 1 unspecified atom stereocenters. The van der Waals surface area contributed by atoms with Gasteiger partial charge in [-0.25, -0.2) is 4.79 Å². The van der Waals surface area contributed by atoms with Gasteiger partial charge in [-0.3, -0.25) is 9.69 Å². The molecule has 6 nitrogen and oxygen atoms in total. The maximum atomic E-state index is 12.7. The van der Waals surface area contributed by atoms with E-state index in [0.717, 1.165) is 10.0 Å². The lowest BCUT2D eigenvalue weighted by Gasteiger charge is -2.19. The number of ether oxygens (including phenoxy) is 1. The first-order valence-corrected chi connectivity index (χ1v) is 7.75. The van der Waals surface area contributed by atoms with E-state index in [4.69, 9.17) is 9.15 Å². The molecule has 1 atom stereocenters. The maximum absolute atomic E-state index is 12.7. The normalized spacial score (nSPS) is 20.7. The molecule has 1 N–H and O–H groups in total. The van der Waals surface area contributed by atoms with Gasteiger partial charge in [-0.15, -0.1) is 0 Å². The summed E-state index contributed by atoms with van der Waals surface area (Å²) in [6.07, 6.45) is 1.48. The Morgan fingerprint density at radius 3 is 2.74 bits per heavy atom. The lowest BCUT2D eigenvalue weighted by molar-refractivity contribution is -0.132. The quantitative estimate of drug-likeness (QED) is 0.830. The molecule has 1 aliphatic rings. The molecular formula is C16H15BrN2O4. The molecule has 2 aromatic rings. The monoisotopic (exact) mass is 378 g/mol. The third-order valence-corrected chi connectivity index (χ3v) is 4.47. The van der Waals surface area contributed by atoms with Gasteiger partial charge in [0, 0.05) is 0 Å². The predicted octanol–water partition coefficient (Wildman–Crippen LogP) is 3.02. The number of imide groups is 1. The number of hydrogen-bond donors (Lipinski definition) is 1. The highest BCUT2D eigenvalue weighted by Crippen LogP contribution is 2.31. The molecule has 120 valence electrons. The van der Waals surface area contributed by atoms with Crippen LogP contribution in [-0.2, 0) is 16.9 Å². The second kappa shape index (κ2) is 5.73. The van der Waals surface area contributed by atoms with Crippen molar-refractivity contribution in [3.05, 3.63) is 52.4 Å². The number of benzene rings is 1. The lowest BCUT2D eigenvalue weighted by atomic mass is 9.99. The van der Waals surface area contributed by atoms with E-state index in [1.807, 2.05) is 12.1 Å². The Kier molecular flexibility index (Phi) is 3.89. The summed E-state index contributed by atoms with van der Waals surface area (Å²) in [5.74, 6) is 0.755. The Morgan fingerprint density at radius 2 is 2.13 bits per heavy atom. The SMILES string of the molecule is COc1ccc(CN2C(=O)NC(C)(c3ccco3)C2=O)cc1Br. The molecule has 1 aliphatic heterocycles. The average molecular weight is 379 g/mol. The number of nitrogens with zero attached hydrogens (tertiary/aromatic N) is 1. The van der Waals surface area contributed by atoms with Gasteiger partial charge >= 0.3 is 6.03 Å². The Bertz CT molecular complexity index is 759. The van der Waals surface area contributed by atoms with E-state index < -0.39 is 11.6 Å². The maximum Gasteiger partial charge on any atom is 0.325 e. The third-order valence-electron chi connectivity index (χ3n) is 3.85. The van der Waals surface area contributed by atoms with Crippen LogP contribution in [0.25, 0.3) is 0 Å². The molecular weight excluding hydrogens is 364 g/mol. The van der Waals surface area contributed by atoms with Crippen LogP contribution in [0.2, 0.25) is 0 Å². The molecule has 1 saturated heterocycles. The van der Waals surface area contributed by atoms with E-state index in [1.165, 1.54) is 11.2 Å². The number of nitrogens with one attached hydrogen (secondary N) is 1. The summed E-state index contributed by atoms with van der Waals surface area (Å²) >= 11 is 3.40. The van der Waals surface area contributed by atoms with Crippen LogP contribution >= 0.6 is 15.9 Å². The van der Waals surface area contributed by atoms with E-state index in [9.17, 15) is 9.59 Å². The lowest BCUT2D eigenvalue weighted by Crippen LogP contribution is -2.40. The van der Waals surface area contributed by atoms with Gasteiger partial charge in [0.15, 0.2) is 5.54 Å². The minimum Gasteiger partial charge on any atom is -0.496 e. The Hall–Kier alpha value is -2.28. The van der Waals surface area contributed by atoms with E-state index >= 15 is 0 Å². The van der Waals surface area contributed by atoms with Crippen LogP contribution in [-0.4, -0.2) is 23.9 Å². The molecule has 3 rings (SSSR count). The molecule has 1 fully saturated rings. The van der Waals surface area contributed by atoms with Gasteiger partial charge in [-0.1, -0.05) is 6.07 Å². The number of methoxy groups -OCH3 is 1. The molecule has 23 heavy (non-hydrogen) atoms. The van der Waals surface area contributed by atoms with Crippen molar-refractivity contribution in [1.29, 1.82) is 0 Å². The first-order valence-electron chi connectivity index (χ1n) is 6.96. The van der Waals surface area contributed by atoms with Gasteiger partial charge in [0.2, 0.25) is 0 Å². The second-order valence-corrected chi connectivity index (χ2v) is 6.25. The highest BCUT2D eigenvalue weighted by Gasteiger charge is 2.50. The zero-order valence-corrected chi connectivity index (χ0v) is 14.2. The van der Waals surface area contributed by atoms with Crippen molar-refractivity contribution >= 4 is 27.9 Å². The molecule has 7 heteroatoms. The minimum absolute atomic E-state index is 0.170. The number of rotatable bonds is 4. The van der Waals surface area contributed by atoms with Crippen LogP contribution < -0.4 is 10.1 Å². The number of carbonyl (C=O) groups excluding carboxylic acids is 2. The number of hydrogen-bond acceptors (Lipinski definition) is 4. The molecule has 1 aromatic heterocycles. The summed E-state index contributed by atoms with van der Waals surface area (Å²) in [7, 11) is 1.58. The molecule has 2 heterocycles. The summed E-state index contributed by atoms with van der Waals surface area (Å²) in [5.41, 5.74) is -0.366. The minimum atomic E-state index is -1.18. The fourth-order valence-corrected chi connectivity index (χ4v) is 3.15. The number of carbonyl (C=O) groups is 2. The van der Waals surface area contributed by atoms with Gasteiger partial charge in [0.1, 0.15) is 11.5 Å². The fraction of sp³-hybridized carbons (Fsp3) is 0.250. The predicted molar refractivity (Wildman–Crippen MR) is 85.8 cm³/mol. The van der Waals surface area contributed by atoms with Crippen LogP contribution in [0.5, 0.6) is 5.75 Å². The molecule has 0 bridgehead atoms. The first-order chi connectivity index (χ1) is 11.0. The van der Waals surface area contributed by atoms with Crippen molar-refractivity contribution < 1.29 is 18.7 Å². The van der Waals surface area contributed by atoms with Crippen LogP contribution in [0.1, 0.15) is 18.2 Å². The van der Waals surface area contributed by atoms with Gasteiger partial charge in [-0.05, 0) is 52.7 Å². The van der Waals surface area contributed by atoms with E-state index in [0.29, 0.717) is 11.5 Å². The van der Waals surface area contributed by atoms with E-state index in [1.54, 1.807) is 32.2 Å². The van der Waals surface area contributed by atoms with Crippen molar-refractivity contribution in [1.82, 2.24) is 10.2 Å². The molecule has 0 radical (unpaired) electrons. The number of amides is 3. The largest absolute Gasteiger partial charge is 0.496 e. The van der Waals surface area contributed by atoms with Crippen molar-refractivity contribution in [3.63, 3.8) is 0 Å². The fourth-order valence-electron chi connectivity index (χ4n) is 2.56. The van der Waals surface area contributed by atoms with Crippen molar-refractivity contribution in [2.45, 2.75) is 19.0 Å². The number of halogens is 1. The first kappa shape index (κ1) is 15.6. The summed E-state index contributed by atoms with van der Waals surface area (Å²) < 4.78 is 11.2. The van der Waals surface area contributed by atoms with E-state index in [-0.39, 0.29) is 12.5 Å². The highest BCUT2D eigenvalue weighted by atomic mass is 79.9. The molecule has 0 spiro atoms. The Morgan fingerprint density at radius 1 is 1.35 bits per heavy atom. The summed E-state index contributed by atoms with van der Waals surface area (Å²) in [5, 5.41) is 2.70. The Balaban J connectivity index is 1.85. The summed E-state index contributed by atoms with van der Waals surface area (Å²) in [6, 6.07) is 8.33. The topological polar surface area (TPSA) is 71.8 Å². The Labute approximate surface area is 141 Å². The highest BCUT2D eigenvalue weighted by molar-refractivity contribution is 9.10. The van der Waals surface area contributed by atoms with Crippen molar-refractivity contribution in [2.24, 2.45) is 0 Å². The molecule has 0 saturated carbocycles. The summed E-state index contributed by atoms with van der Waals surface area (Å²) in [4.78, 5) is 26.1. The van der Waals surface area contributed by atoms with Gasteiger partial charge in [0.05, 0.1) is 24.4 Å². The van der Waals surface area contributed by atoms with Crippen LogP contribution in [0.4, 0.5) is 4.79 Å². The zero-order chi connectivity index (χ0) is 16.6. The smallest absolute Gasteiger partial charge is 0.325 e. The summed E-state index contributed by atoms with van der Waals surface area (Å²) in [6.45, 7) is 1.81. The van der Waals surface area contributed by atoms with Crippen LogP contribution in [0.15, 0.2) is 45.5 Å². The van der Waals surface area contributed by atoms with Gasteiger partial charge in [-0.2, -0.15) is 0 Å². The average Bonchev–Trinajstić information content (AvgIpc) is 3.12.